The third-order valence-corrected chi connectivity index (χ3v) is 4.75. The predicted molar refractivity (Wildman–Crippen MR) is 94.7 cm³/mol. The summed E-state index contributed by atoms with van der Waals surface area (Å²) in [5.41, 5.74) is 0.941. The van der Waals surface area contributed by atoms with Gasteiger partial charge in [-0.15, -0.1) is 0 Å². The highest BCUT2D eigenvalue weighted by Gasteiger charge is 2.33. The van der Waals surface area contributed by atoms with Crippen molar-refractivity contribution in [3.05, 3.63) is 54.1 Å². The summed E-state index contributed by atoms with van der Waals surface area (Å²) in [7, 11) is 0. The van der Waals surface area contributed by atoms with Gasteiger partial charge in [0.1, 0.15) is 12.4 Å². The van der Waals surface area contributed by atoms with E-state index in [0.717, 1.165) is 18.4 Å². The molecule has 2 atom stereocenters. The number of benzene rings is 1. The smallest absolute Gasteiger partial charge is 0.242 e. The van der Waals surface area contributed by atoms with Gasteiger partial charge in [0, 0.05) is 31.9 Å². The zero-order valence-corrected chi connectivity index (χ0v) is 14.8. The van der Waals surface area contributed by atoms with Gasteiger partial charge in [-0.05, 0) is 43.0 Å². The van der Waals surface area contributed by atoms with Crippen molar-refractivity contribution < 1.29 is 14.0 Å². The highest BCUT2D eigenvalue weighted by molar-refractivity contribution is 5.77. The van der Waals surface area contributed by atoms with Gasteiger partial charge in [0.25, 0.3) is 0 Å². The van der Waals surface area contributed by atoms with E-state index in [9.17, 15) is 14.0 Å². The minimum atomic E-state index is -0.287. The maximum absolute atomic E-state index is 13.2. The molecule has 1 saturated heterocycles. The number of aromatic nitrogens is 2. The van der Waals surface area contributed by atoms with Gasteiger partial charge in [-0.3, -0.25) is 14.3 Å². The summed E-state index contributed by atoms with van der Waals surface area (Å²) in [5, 5.41) is 7.10. The quantitative estimate of drug-likeness (QED) is 0.886. The summed E-state index contributed by atoms with van der Waals surface area (Å²) in [4.78, 5) is 26.3. The average Bonchev–Trinajstić information content (AvgIpc) is 3.11. The van der Waals surface area contributed by atoms with Gasteiger partial charge in [-0.1, -0.05) is 12.1 Å². The van der Waals surface area contributed by atoms with Gasteiger partial charge in [-0.2, -0.15) is 5.10 Å². The topological polar surface area (TPSA) is 67.2 Å². The van der Waals surface area contributed by atoms with Crippen LogP contribution in [0.2, 0.25) is 0 Å². The number of hydrogen-bond acceptors (Lipinski definition) is 3. The number of nitrogens with zero attached hydrogens (tertiary/aromatic N) is 3. The molecule has 0 bridgehead atoms. The fourth-order valence-electron chi connectivity index (χ4n) is 3.52. The number of carbonyl (C=O) groups excluding carboxylic acids is 2. The van der Waals surface area contributed by atoms with E-state index in [1.165, 1.54) is 12.1 Å². The normalized spacial score (nSPS) is 20.0. The molecule has 1 aliphatic rings. The molecule has 1 fully saturated rings. The van der Waals surface area contributed by atoms with E-state index in [1.54, 1.807) is 42.2 Å². The molecule has 1 aromatic heterocycles. The molecule has 0 unspecified atom stereocenters. The highest BCUT2D eigenvalue weighted by atomic mass is 19.1. The van der Waals surface area contributed by atoms with Crippen molar-refractivity contribution >= 4 is 11.8 Å². The summed E-state index contributed by atoms with van der Waals surface area (Å²) in [5.74, 6) is -0.429. The monoisotopic (exact) mass is 358 g/mol. The second-order valence-corrected chi connectivity index (χ2v) is 6.63. The van der Waals surface area contributed by atoms with Gasteiger partial charge in [0.15, 0.2) is 0 Å². The molecule has 0 saturated carbocycles. The average molecular weight is 358 g/mol. The zero-order valence-electron chi connectivity index (χ0n) is 14.8. The van der Waals surface area contributed by atoms with Gasteiger partial charge in [-0.25, -0.2) is 4.39 Å². The summed E-state index contributed by atoms with van der Waals surface area (Å²) >= 11 is 0. The lowest BCUT2D eigenvalue weighted by molar-refractivity contribution is -0.135. The van der Waals surface area contributed by atoms with Crippen LogP contribution in [0.5, 0.6) is 0 Å². The number of likely N-dealkylation sites (tertiary alicyclic amines) is 1. The molecule has 1 aromatic carbocycles. The Labute approximate surface area is 152 Å². The molecule has 2 aromatic rings. The van der Waals surface area contributed by atoms with Crippen LogP contribution in [0.25, 0.3) is 0 Å². The van der Waals surface area contributed by atoms with E-state index < -0.39 is 0 Å². The summed E-state index contributed by atoms with van der Waals surface area (Å²) < 4.78 is 14.7. The molecule has 2 amide bonds. The van der Waals surface area contributed by atoms with Gasteiger partial charge in [0.05, 0.1) is 6.04 Å². The molecule has 2 heterocycles. The first-order valence-electron chi connectivity index (χ1n) is 8.81. The molecular formula is C19H23FN4O2. The van der Waals surface area contributed by atoms with Gasteiger partial charge >= 0.3 is 0 Å². The summed E-state index contributed by atoms with van der Waals surface area (Å²) in [6.07, 6.45) is 5.58. The Kier molecular flexibility index (Phi) is 5.65. The third kappa shape index (κ3) is 4.47. The van der Waals surface area contributed by atoms with E-state index in [-0.39, 0.29) is 36.3 Å². The lowest BCUT2D eigenvalue weighted by atomic mass is 9.90. The standard InChI is InChI=1S/C19H23FN4O2/c1-14(25)24-11-2-4-17(22-19(26)13-23-10-3-9-21-23)18(24)12-15-5-7-16(20)8-6-15/h3,5-10,17-18H,2,4,11-13H2,1H3,(H,22,26)/t17-,18-/m0/s1. The molecule has 138 valence electrons. The van der Waals surface area contributed by atoms with Crippen molar-refractivity contribution in [3.8, 4) is 0 Å². The Bertz CT molecular complexity index is 745. The SMILES string of the molecule is CC(=O)N1CCC[C@H](NC(=O)Cn2cccn2)[C@@H]1Cc1ccc(F)cc1. The van der Waals surface area contributed by atoms with Gasteiger partial charge < -0.3 is 10.2 Å². The number of hydrogen-bond donors (Lipinski definition) is 1. The Hall–Kier alpha value is -2.70. The Balaban J connectivity index is 1.73. The van der Waals surface area contributed by atoms with Crippen molar-refractivity contribution in [2.45, 2.75) is 44.8 Å². The van der Waals surface area contributed by atoms with E-state index in [2.05, 4.69) is 10.4 Å². The zero-order chi connectivity index (χ0) is 18.5. The lowest BCUT2D eigenvalue weighted by Gasteiger charge is -2.41. The van der Waals surface area contributed by atoms with Crippen LogP contribution < -0.4 is 5.32 Å². The molecule has 1 N–H and O–H groups in total. The van der Waals surface area contributed by atoms with Crippen LogP contribution in [0.1, 0.15) is 25.3 Å². The molecule has 0 spiro atoms. The maximum Gasteiger partial charge on any atom is 0.242 e. The number of piperidine rings is 1. The van der Waals surface area contributed by atoms with E-state index >= 15 is 0 Å². The first-order chi connectivity index (χ1) is 12.5. The van der Waals surface area contributed by atoms with E-state index in [0.29, 0.717) is 13.0 Å². The van der Waals surface area contributed by atoms with Crippen molar-refractivity contribution in [3.63, 3.8) is 0 Å². The number of carbonyl (C=O) groups is 2. The minimum absolute atomic E-state index is 0.0110. The van der Waals surface area contributed by atoms with Crippen molar-refractivity contribution in [1.29, 1.82) is 0 Å². The van der Waals surface area contributed by atoms with Crippen LogP contribution in [-0.2, 0) is 22.6 Å². The van der Waals surface area contributed by atoms with Crippen molar-refractivity contribution in [1.82, 2.24) is 20.0 Å². The fraction of sp³-hybridized carbons (Fsp3) is 0.421. The molecule has 26 heavy (non-hydrogen) atoms. The molecule has 3 rings (SSSR count). The summed E-state index contributed by atoms with van der Waals surface area (Å²) in [6.45, 7) is 2.37. The van der Waals surface area contributed by atoms with Crippen LogP contribution in [0, 0.1) is 5.82 Å². The lowest BCUT2D eigenvalue weighted by Crippen LogP contribution is -2.57. The van der Waals surface area contributed by atoms with Crippen LogP contribution in [-0.4, -0.2) is 45.1 Å². The Morgan fingerprint density at radius 3 is 2.73 bits per heavy atom. The largest absolute Gasteiger partial charge is 0.350 e. The Morgan fingerprint density at radius 2 is 2.08 bits per heavy atom. The van der Waals surface area contributed by atoms with Crippen LogP contribution in [0.4, 0.5) is 4.39 Å². The molecular weight excluding hydrogens is 335 g/mol. The molecule has 0 aliphatic carbocycles. The first kappa shape index (κ1) is 18.1. The maximum atomic E-state index is 13.2. The summed E-state index contributed by atoms with van der Waals surface area (Å²) in [6, 6.07) is 7.77. The van der Waals surface area contributed by atoms with Crippen LogP contribution in [0.15, 0.2) is 42.7 Å². The van der Waals surface area contributed by atoms with Crippen molar-refractivity contribution in [2.75, 3.05) is 6.54 Å². The fourth-order valence-corrected chi connectivity index (χ4v) is 3.52. The number of rotatable bonds is 5. The second kappa shape index (κ2) is 8.12. The third-order valence-electron chi connectivity index (χ3n) is 4.75. The highest BCUT2D eigenvalue weighted by Crippen LogP contribution is 2.22. The first-order valence-corrected chi connectivity index (χ1v) is 8.81. The Morgan fingerprint density at radius 1 is 1.31 bits per heavy atom. The molecule has 7 heteroatoms. The number of nitrogens with one attached hydrogen (secondary N) is 1. The van der Waals surface area contributed by atoms with Crippen LogP contribution in [0.3, 0.4) is 0 Å². The minimum Gasteiger partial charge on any atom is -0.350 e. The number of amides is 2. The van der Waals surface area contributed by atoms with Crippen LogP contribution >= 0.6 is 0 Å². The second-order valence-electron chi connectivity index (χ2n) is 6.63. The van der Waals surface area contributed by atoms with Crippen molar-refractivity contribution in [2.24, 2.45) is 0 Å². The van der Waals surface area contributed by atoms with E-state index in [4.69, 9.17) is 0 Å². The molecule has 0 radical (unpaired) electrons. The number of halogens is 1. The predicted octanol–water partition coefficient (Wildman–Crippen LogP) is 1.76. The van der Waals surface area contributed by atoms with E-state index in [1.807, 2.05) is 4.90 Å². The van der Waals surface area contributed by atoms with Gasteiger partial charge in [0.2, 0.25) is 11.8 Å². The molecule has 1 aliphatic heterocycles. The molecule has 6 nitrogen and oxygen atoms in total.